The number of rotatable bonds is 10. The first-order valence-electron chi connectivity index (χ1n) is 12.3. The number of hydrogen-bond donors (Lipinski definition) is 1. The normalized spacial score (nSPS) is 12.0. The van der Waals surface area contributed by atoms with Crippen LogP contribution >= 0.6 is 0 Å². The van der Waals surface area contributed by atoms with Gasteiger partial charge in [0, 0.05) is 41.8 Å². The van der Waals surface area contributed by atoms with Gasteiger partial charge in [0.15, 0.2) is 11.6 Å². The van der Waals surface area contributed by atoms with Crippen LogP contribution in [0.15, 0.2) is 73.7 Å². The topological polar surface area (TPSA) is 101 Å². The number of halogens is 1. The van der Waals surface area contributed by atoms with Crippen molar-refractivity contribution in [1.82, 2.24) is 24.5 Å². The third kappa shape index (κ3) is 6.05. The van der Waals surface area contributed by atoms with E-state index < -0.39 is 5.82 Å². The number of aryl methyl sites for hydroxylation is 1. The van der Waals surface area contributed by atoms with E-state index in [2.05, 4.69) is 51.0 Å². The first-order chi connectivity index (χ1) is 18.3. The maximum absolute atomic E-state index is 14.5. The molecule has 2 N–H and O–H groups in total. The van der Waals surface area contributed by atoms with Crippen LogP contribution in [-0.4, -0.2) is 24.5 Å². The Morgan fingerprint density at radius 3 is 2.63 bits per heavy atom. The van der Waals surface area contributed by atoms with Crippen molar-refractivity contribution in [3.8, 4) is 11.5 Å². The van der Waals surface area contributed by atoms with E-state index in [0.717, 1.165) is 34.2 Å². The zero-order valence-electron chi connectivity index (χ0n) is 22.0. The smallest absolute Gasteiger partial charge is 0.166 e. The van der Waals surface area contributed by atoms with Gasteiger partial charge in [-0.2, -0.15) is 0 Å². The summed E-state index contributed by atoms with van der Waals surface area (Å²) in [4.78, 5) is 16.9. The number of nitrogen functional groups attached to an aromatic ring is 1. The van der Waals surface area contributed by atoms with Crippen molar-refractivity contribution in [2.45, 2.75) is 46.8 Å². The third-order valence-electron chi connectivity index (χ3n) is 5.76. The summed E-state index contributed by atoms with van der Waals surface area (Å²) >= 11 is 0. The van der Waals surface area contributed by atoms with Gasteiger partial charge >= 0.3 is 0 Å². The van der Waals surface area contributed by atoms with Crippen LogP contribution in [-0.2, 0) is 6.61 Å². The summed E-state index contributed by atoms with van der Waals surface area (Å²) in [5, 5.41) is 0.784. The minimum Gasteiger partial charge on any atom is -0.489 e. The highest BCUT2D eigenvalue weighted by atomic mass is 19.1. The Balaban J connectivity index is 1.53. The second-order valence-electron chi connectivity index (χ2n) is 8.99. The number of benzene rings is 1. The predicted octanol–water partition coefficient (Wildman–Crippen LogP) is 6.35. The van der Waals surface area contributed by atoms with Crippen molar-refractivity contribution < 1.29 is 13.9 Å². The summed E-state index contributed by atoms with van der Waals surface area (Å²) in [5.74, 6) is 1.27. The SMILES string of the molecule is C=C(C=CC(=CCC)c1cn(C(C)C)c2ncnc(N)c12)Oc1cc(OCc2cnc(C)nc2)ccc1F. The average molecular weight is 515 g/mol. The van der Waals surface area contributed by atoms with E-state index in [-0.39, 0.29) is 24.2 Å². The molecule has 0 radical (unpaired) electrons. The highest BCUT2D eigenvalue weighted by Gasteiger charge is 2.17. The highest BCUT2D eigenvalue weighted by Crippen LogP contribution is 2.33. The molecule has 0 fully saturated rings. The molecule has 0 aliphatic carbocycles. The van der Waals surface area contributed by atoms with Crippen molar-refractivity contribution in [3.05, 3.63) is 96.5 Å². The Morgan fingerprint density at radius 2 is 1.92 bits per heavy atom. The van der Waals surface area contributed by atoms with Crippen LogP contribution in [0.3, 0.4) is 0 Å². The van der Waals surface area contributed by atoms with Gasteiger partial charge in [0.1, 0.15) is 41.7 Å². The van der Waals surface area contributed by atoms with Gasteiger partial charge in [-0.25, -0.2) is 24.3 Å². The minimum atomic E-state index is -0.528. The van der Waals surface area contributed by atoms with Crippen LogP contribution in [0.4, 0.5) is 10.2 Å². The van der Waals surface area contributed by atoms with Crippen molar-refractivity contribution >= 4 is 22.4 Å². The molecule has 0 spiro atoms. The molecule has 4 aromatic rings. The zero-order chi connectivity index (χ0) is 27.2. The molecule has 0 atom stereocenters. The van der Waals surface area contributed by atoms with E-state index in [0.29, 0.717) is 17.4 Å². The van der Waals surface area contributed by atoms with Crippen LogP contribution in [0, 0.1) is 12.7 Å². The third-order valence-corrected chi connectivity index (χ3v) is 5.76. The molecule has 4 rings (SSSR count). The molecule has 0 saturated carbocycles. The summed E-state index contributed by atoms with van der Waals surface area (Å²) in [6.45, 7) is 12.2. The Labute approximate surface area is 221 Å². The summed E-state index contributed by atoms with van der Waals surface area (Å²) in [6.07, 6.45) is 13.3. The lowest BCUT2D eigenvalue weighted by molar-refractivity contribution is 0.301. The zero-order valence-corrected chi connectivity index (χ0v) is 22.0. The second-order valence-corrected chi connectivity index (χ2v) is 8.99. The summed E-state index contributed by atoms with van der Waals surface area (Å²) in [7, 11) is 0. The van der Waals surface area contributed by atoms with Gasteiger partial charge in [-0.1, -0.05) is 25.7 Å². The van der Waals surface area contributed by atoms with Gasteiger partial charge in [-0.05, 0) is 51.0 Å². The number of aromatic nitrogens is 5. The fraction of sp³-hybridized carbons (Fsp3) is 0.241. The lowest BCUT2D eigenvalue weighted by Gasteiger charge is -2.10. The Morgan fingerprint density at radius 1 is 1.16 bits per heavy atom. The Hall–Kier alpha value is -4.53. The van der Waals surface area contributed by atoms with Crippen molar-refractivity contribution in [2.75, 3.05) is 5.73 Å². The fourth-order valence-corrected chi connectivity index (χ4v) is 3.88. The first kappa shape index (κ1) is 26.5. The molecule has 38 heavy (non-hydrogen) atoms. The first-order valence-corrected chi connectivity index (χ1v) is 12.3. The molecule has 3 aromatic heterocycles. The molecule has 8 nitrogen and oxygen atoms in total. The molecule has 9 heteroatoms. The van der Waals surface area contributed by atoms with Gasteiger partial charge in [-0.15, -0.1) is 0 Å². The minimum absolute atomic E-state index is 0.00684. The van der Waals surface area contributed by atoms with E-state index in [1.165, 1.54) is 24.5 Å². The second kappa shape index (κ2) is 11.7. The molecular formula is C29H31FN6O2. The number of nitrogens with zero attached hydrogens (tertiary/aromatic N) is 5. The van der Waals surface area contributed by atoms with E-state index in [4.69, 9.17) is 15.2 Å². The van der Waals surface area contributed by atoms with Crippen molar-refractivity contribution in [1.29, 1.82) is 0 Å². The van der Waals surface area contributed by atoms with Gasteiger partial charge in [0.25, 0.3) is 0 Å². The number of nitrogens with two attached hydrogens (primary N) is 1. The number of fused-ring (bicyclic) bond motifs is 1. The Bertz CT molecular complexity index is 1510. The van der Waals surface area contributed by atoms with Crippen molar-refractivity contribution in [3.63, 3.8) is 0 Å². The van der Waals surface area contributed by atoms with Crippen LogP contribution in [0.2, 0.25) is 0 Å². The number of anilines is 1. The maximum atomic E-state index is 14.5. The number of ether oxygens (including phenoxy) is 2. The number of allylic oxidation sites excluding steroid dienone is 4. The molecule has 0 saturated heterocycles. The molecule has 1 aromatic carbocycles. The highest BCUT2D eigenvalue weighted by molar-refractivity contribution is 5.99. The van der Waals surface area contributed by atoms with Crippen LogP contribution in [0.5, 0.6) is 11.5 Å². The summed E-state index contributed by atoms with van der Waals surface area (Å²) in [5.41, 5.74) is 9.62. The number of hydrogen-bond acceptors (Lipinski definition) is 7. The van der Waals surface area contributed by atoms with E-state index >= 15 is 0 Å². The quantitative estimate of drug-likeness (QED) is 0.194. The molecular weight excluding hydrogens is 483 g/mol. The molecule has 0 aliphatic heterocycles. The van der Waals surface area contributed by atoms with E-state index in [1.807, 2.05) is 26.1 Å². The Kier molecular flexibility index (Phi) is 8.15. The molecule has 0 bridgehead atoms. The van der Waals surface area contributed by atoms with Gasteiger partial charge in [-0.3, -0.25) is 0 Å². The molecule has 196 valence electrons. The average Bonchev–Trinajstić information content (AvgIpc) is 3.29. The van der Waals surface area contributed by atoms with Crippen LogP contribution < -0.4 is 15.2 Å². The van der Waals surface area contributed by atoms with Crippen LogP contribution in [0.25, 0.3) is 16.6 Å². The molecule has 0 unspecified atom stereocenters. The van der Waals surface area contributed by atoms with Gasteiger partial charge in [0.2, 0.25) is 0 Å². The van der Waals surface area contributed by atoms with E-state index in [1.54, 1.807) is 18.5 Å². The summed E-state index contributed by atoms with van der Waals surface area (Å²) in [6, 6.07) is 4.50. The lowest BCUT2D eigenvalue weighted by Crippen LogP contribution is -2.00. The standard InChI is InChI=1S/C29H31FN6O2/c1-6-7-22(24-15-36(18(2)3)29-27(24)28(31)34-17-35-29)9-8-19(4)38-26-12-23(10-11-25(26)30)37-16-21-13-32-20(5)33-14-21/h7-15,17-18H,4,6,16H2,1-3,5H3,(H2,31,34,35). The molecule has 0 aliphatic rings. The van der Waals surface area contributed by atoms with Crippen LogP contribution in [0.1, 0.15) is 50.2 Å². The van der Waals surface area contributed by atoms with Crippen molar-refractivity contribution in [2.24, 2.45) is 0 Å². The predicted molar refractivity (Wildman–Crippen MR) is 147 cm³/mol. The van der Waals surface area contributed by atoms with E-state index in [9.17, 15) is 4.39 Å². The monoisotopic (exact) mass is 514 g/mol. The lowest BCUT2D eigenvalue weighted by atomic mass is 10.0. The van der Waals surface area contributed by atoms with Gasteiger partial charge in [0.05, 0.1) is 5.39 Å². The molecule has 3 heterocycles. The summed E-state index contributed by atoms with van der Waals surface area (Å²) < 4.78 is 28.1. The maximum Gasteiger partial charge on any atom is 0.166 e. The fourth-order valence-electron chi connectivity index (χ4n) is 3.88. The van der Waals surface area contributed by atoms with Gasteiger partial charge < -0.3 is 19.8 Å². The molecule has 0 amide bonds. The largest absolute Gasteiger partial charge is 0.489 e.